The van der Waals surface area contributed by atoms with Crippen molar-refractivity contribution in [3.8, 4) is 0 Å². The maximum atomic E-state index is 2.38. The predicted octanol–water partition coefficient (Wildman–Crippen LogP) is 13.6. The molecule has 0 saturated carbocycles. The van der Waals surface area contributed by atoms with Gasteiger partial charge in [0.1, 0.15) is 6.54 Å². The summed E-state index contributed by atoms with van der Waals surface area (Å²) < 4.78 is 1.11. The van der Waals surface area contributed by atoms with Crippen LogP contribution in [0.1, 0.15) is 199 Å². The second-order valence-electron chi connectivity index (χ2n) is 14.2. The molecule has 0 aliphatic carbocycles. The molecule has 0 bridgehead atoms. The van der Waals surface area contributed by atoms with E-state index in [1.54, 1.807) is 0 Å². The molecule has 0 saturated heterocycles. The molecule has 0 fully saturated rings. The third-order valence-electron chi connectivity index (χ3n) is 9.32. The van der Waals surface area contributed by atoms with E-state index in [1.807, 2.05) is 0 Å². The zero-order chi connectivity index (χ0) is 29.5. The minimum atomic E-state index is 1.11. The Hall–Kier alpha value is -0.820. The van der Waals surface area contributed by atoms with E-state index in [9.17, 15) is 0 Å². The van der Waals surface area contributed by atoms with Crippen molar-refractivity contribution >= 4 is 0 Å². The van der Waals surface area contributed by atoms with Crippen LogP contribution >= 0.6 is 0 Å². The number of nitrogens with zero attached hydrogens (tertiary/aromatic N) is 1. The molecule has 0 N–H and O–H groups in total. The third kappa shape index (κ3) is 27.7. The van der Waals surface area contributed by atoms with Gasteiger partial charge in [-0.25, -0.2) is 0 Å². The largest absolute Gasteiger partial charge is 0.325 e. The van der Waals surface area contributed by atoms with Crippen molar-refractivity contribution in [2.24, 2.45) is 0 Å². The molecular formula is C40H76N+. The molecule has 0 unspecified atom stereocenters. The van der Waals surface area contributed by atoms with Crippen LogP contribution in [0.2, 0.25) is 0 Å². The van der Waals surface area contributed by atoms with Crippen LogP contribution in [0.3, 0.4) is 0 Å². The Balaban J connectivity index is 1.69. The Morgan fingerprint density at radius 3 is 0.927 bits per heavy atom. The number of benzene rings is 1. The highest BCUT2D eigenvalue weighted by Gasteiger charge is 2.14. The first-order valence-corrected chi connectivity index (χ1v) is 19.0. The monoisotopic (exact) mass is 571 g/mol. The zero-order valence-electron chi connectivity index (χ0n) is 28.8. The lowest BCUT2D eigenvalue weighted by Crippen LogP contribution is -2.39. The molecule has 1 rings (SSSR count). The summed E-state index contributed by atoms with van der Waals surface area (Å²) in [5, 5.41) is 0. The van der Waals surface area contributed by atoms with Gasteiger partial charge in [-0.05, 0) is 12.8 Å². The molecule has 0 aromatic heterocycles. The lowest BCUT2D eigenvalue weighted by molar-refractivity contribution is -0.903. The minimum Gasteiger partial charge on any atom is -0.325 e. The Bertz CT molecular complexity index is 621. The molecule has 1 aromatic carbocycles. The van der Waals surface area contributed by atoms with Crippen LogP contribution in [-0.2, 0) is 6.54 Å². The molecule has 0 aliphatic heterocycles. The van der Waals surface area contributed by atoms with E-state index in [4.69, 9.17) is 0 Å². The molecule has 41 heavy (non-hydrogen) atoms. The quantitative estimate of drug-likeness (QED) is 0.0597. The number of unbranched alkanes of at least 4 members (excludes halogenated alkanes) is 28. The first kappa shape index (κ1) is 38.2. The molecule has 0 heterocycles. The molecule has 1 heteroatoms. The number of hydrogen-bond donors (Lipinski definition) is 0. The Morgan fingerprint density at radius 1 is 0.366 bits per heavy atom. The smallest absolute Gasteiger partial charge is 0.104 e. The first-order chi connectivity index (χ1) is 20.1. The molecule has 0 radical (unpaired) electrons. The SMILES string of the molecule is CCCCCCCCCCCCCCCCCCCCCCCCCCCCCCC[N+](C)(C)Cc1ccccc1. The van der Waals surface area contributed by atoms with Crippen molar-refractivity contribution in [2.45, 2.75) is 200 Å². The summed E-state index contributed by atoms with van der Waals surface area (Å²) in [6, 6.07) is 11.0. The van der Waals surface area contributed by atoms with Crippen molar-refractivity contribution in [1.82, 2.24) is 0 Å². The Labute approximate surface area is 260 Å². The van der Waals surface area contributed by atoms with Gasteiger partial charge in [-0.1, -0.05) is 211 Å². The molecule has 0 aliphatic rings. The van der Waals surface area contributed by atoms with Crippen LogP contribution in [0.4, 0.5) is 0 Å². The summed E-state index contributed by atoms with van der Waals surface area (Å²) in [5.41, 5.74) is 1.47. The van der Waals surface area contributed by atoms with Gasteiger partial charge in [0.05, 0.1) is 20.6 Å². The summed E-state index contributed by atoms with van der Waals surface area (Å²) in [6.07, 6.45) is 42.6. The molecule has 0 atom stereocenters. The number of rotatable bonds is 32. The van der Waals surface area contributed by atoms with Gasteiger partial charge >= 0.3 is 0 Å². The summed E-state index contributed by atoms with van der Waals surface area (Å²) in [5.74, 6) is 0. The van der Waals surface area contributed by atoms with E-state index < -0.39 is 0 Å². The number of hydrogen-bond acceptors (Lipinski definition) is 0. The fourth-order valence-corrected chi connectivity index (χ4v) is 6.54. The van der Waals surface area contributed by atoms with Crippen molar-refractivity contribution < 1.29 is 4.48 Å². The van der Waals surface area contributed by atoms with E-state index in [-0.39, 0.29) is 0 Å². The molecule has 240 valence electrons. The van der Waals surface area contributed by atoms with Gasteiger partial charge in [0.25, 0.3) is 0 Å². The summed E-state index contributed by atoms with van der Waals surface area (Å²) >= 11 is 0. The Kier molecular flexibility index (Phi) is 27.3. The van der Waals surface area contributed by atoms with E-state index >= 15 is 0 Å². The normalized spacial score (nSPS) is 11.9. The third-order valence-corrected chi connectivity index (χ3v) is 9.32. The van der Waals surface area contributed by atoms with E-state index in [2.05, 4.69) is 51.4 Å². The summed E-state index contributed by atoms with van der Waals surface area (Å²) in [6.45, 7) is 4.76. The lowest BCUT2D eigenvalue weighted by Gasteiger charge is -2.30. The summed E-state index contributed by atoms with van der Waals surface area (Å²) in [7, 11) is 4.77. The number of quaternary nitrogens is 1. The van der Waals surface area contributed by atoms with Crippen LogP contribution in [0.15, 0.2) is 30.3 Å². The van der Waals surface area contributed by atoms with Crippen molar-refractivity contribution in [1.29, 1.82) is 0 Å². The second kappa shape index (κ2) is 29.3. The van der Waals surface area contributed by atoms with Crippen LogP contribution in [0.25, 0.3) is 0 Å². The van der Waals surface area contributed by atoms with Crippen LogP contribution < -0.4 is 0 Å². The molecule has 0 spiro atoms. The highest BCUT2D eigenvalue weighted by Crippen LogP contribution is 2.17. The standard InChI is InChI=1S/C40H76N/c1-4-5-6-7-8-9-10-11-12-13-14-15-16-17-18-19-20-21-22-23-24-25-26-27-28-29-30-31-35-38-41(2,3)39-40-36-33-32-34-37-40/h32-34,36-37H,4-31,35,38-39H2,1-3H3/q+1. The zero-order valence-corrected chi connectivity index (χ0v) is 28.8. The van der Waals surface area contributed by atoms with Gasteiger partial charge in [-0.2, -0.15) is 0 Å². The van der Waals surface area contributed by atoms with Gasteiger partial charge < -0.3 is 4.48 Å². The molecule has 0 amide bonds. The van der Waals surface area contributed by atoms with E-state index in [1.165, 1.54) is 198 Å². The predicted molar refractivity (Wildman–Crippen MR) is 187 cm³/mol. The van der Waals surface area contributed by atoms with Crippen LogP contribution in [0.5, 0.6) is 0 Å². The van der Waals surface area contributed by atoms with Gasteiger partial charge in [0.2, 0.25) is 0 Å². The second-order valence-corrected chi connectivity index (χ2v) is 14.2. The van der Waals surface area contributed by atoms with Crippen LogP contribution in [0, 0.1) is 0 Å². The molecule has 1 nitrogen and oxygen atoms in total. The van der Waals surface area contributed by atoms with Crippen molar-refractivity contribution in [2.75, 3.05) is 20.6 Å². The highest BCUT2D eigenvalue weighted by atomic mass is 15.3. The van der Waals surface area contributed by atoms with Gasteiger partial charge in [0.15, 0.2) is 0 Å². The molecule has 1 aromatic rings. The fourth-order valence-electron chi connectivity index (χ4n) is 6.54. The van der Waals surface area contributed by atoms with Crippen molar-refractivity contribution in [3.05, 3.63) is 35.9 Å². The Morgan fingerprint density at radius 2 is 0.634 bits per heavy atom. The highest BCUT2D eigenvalue weighted by molar-refractivity contribution is 5.13. The lowest BCUT2D eigenvalue weighted by atomic mass is 10.0. The average molecular weight is 571 g/mol. The molecular weight excluding hydrogens is 494 g/mol. The summed E-state index contributed by atoms with van der Waals surface area (Å²) in [4.78, 5) is 0. The maximum absolute atomic E-state index is 2.38. The van der Waals surface area contributed by atoms with E-state index in [0.29, 0.717) is 0 Å². The maximum Gasteiger partial charge on any atom is 0.104 e. The van der Waals surface area contributed by atoms with Gasteiger partial charge in [-0.3, -0.25) is 0 Å². The topological polar surface area (TPSA) is 0 Å². The van der Waals surface area contributed by atoms with Crippen molar-refractivity contribution in [3.63, 3.8) is 0 Å². The van der Waals surface area contributed by atoms with E-state index in [0.717, 1.165) is 11.0 Å². The van der Waals surface area contributed by atoms with Gasteiger partial charge in [0, 0.05) is 5.56 Å². The first-order valence-electron chi connectivity index (χ1n) is 19.0. The average Bonchev–Trinajstić information content (AvgIpc) is 2.96. The van der Waals surface area contributed by atoms with Gasteiger partial charge in [-0.15, -0.1) is 0 Å². The fraction of sp³-hybridized carbons (Fsp3) is 0.850. The minimum absolute atomic E-state index is 1.11. The van der Waals surface area contributed by atoms with Crippen LogP contribution in [-0.4, -0.2) is 25.1 Å².